The van der Waals surface area contributed by atoms with Crippen LogP contribution in [0.4, 0.5) is 0 Å². The number of carbonyl (C=O) groups excluding carboxylic acids is 1. The summed E-state index contributed by atoms with van der Waals surface area (Å²) in [6, 6.07) is 8.42. The average Bonchev–Trinajstić information content (AvgIpc) is 3.12. The molecule has 1 atom stereocenters. The van der Waals surface area contributed by atoms with Crippen molar-refractivity contribution in [3.63, 3.8) is 0 Å². The maximum atomic E-state index is 12.2. The molecule has 0 aliphatic carbocycles. The van der Waals surface area contributed by atoms with Crippen molar-refractivity contribution in [2.24, 2.45) is 0 Å². The number of aryl methyl sites for hydroxylation is 2. The molecule has 0 saturated carbocycles. The van der Waals surface area contributed by atoms with Crippen LogP contribution < -0.4 is 0 Å². The minimum Gasteiger partial charge on any atom is -0.342 e. The molecule has 2 heterocycles. The average molecular weight is 299 g/mol. The van der Waals surface area contributed by atoms with E-state index in [2.05, 4.69) is 41.3 Å². The van der Waals surface area contributed by atoms with Gasteiger partial charge in [-0.1, -0.05) is 41.9 Å². The number of hydrogen-bond acceptors (Lipinski definition) is 4. The van der Waals surface area contributed by atoms with Crippen molar-refractivity contribution < 1.29 is 9.32 Å². The third kappa shape index (κ3) is 3.18. The molecule has 2 aromatic rings. The molecule has 0 bridgehead atoms. The number of aromatic nitrogens is 2. The Morgan fingerprint density at radius 2 is 2.27 bits per heavy atom. The maximum Gasteiger partial charge on any atom is 0.232 e. The first kappa shape index (κ1) is 14.8. The summed E-state index contributed by atoms with van der Waals surface area (Å²) in [5.41, 5.74) is 2.52. The van der Waals surface area contributed by atoms with E-state index in [1.165, 1.54) is 11.1 Å². The Kier molecular flexibility index (Phi) is 4.22. The predicted molar refractivity (Wildman–Crippen MR) is 82.5 cm³/mol. The van der Waals surface area contributed by atoms with Crippen LogP contribution in [0.1, 0.15) is 42.1 Å². The van der Waals surface area contributed by atoms with Gasteiger partial charge in [0.15, 0.2) is 5.82 Å². The number of rotatable bonds is 5. The van der Waals surface area contributed by atoms with Crippen LogP contribution in [-0.2, 0) is 17.6 Å². The van der Waals surface area contributed by atoms with Crippen molar-refractivity contribution >= 4 is 5.91 Å². The SMILES string of the molecule is CCc1noc(C2CC(=O)N(CCc3cccc(C)c3)C2)n1. The van der Waals surface area contributed by atoms with Crippen molar-refractivity contribution in [3.8, 4) is 0 Å². The monoisotopic (exact) mass is 299 g/mol. The molecule has 1 aromatic heterocycles. The van der Waals surface area contributed by atoms with Gasteiger partial charge in [0.2, 0.25) is 11.8 Å². The molecular formula is C17H21N3O2. The highest BCUT2D eigenvalue weighted by Crippen LogP contribution is 2.27. The standard InChI is InChI=1S/C17H21N3O2/c1-3-15-18-17(22-19-15)14-10-16(21)20(11-14)8-7-13-6-4-5-12(2)9-13/h4-6,9,14H,3,7-8,10-11H2,1-2H3. The third-order valence-electron chi connectivity index (χ3n) is 4.12. The minimum absolute atomic E-state index is 0.0396. The van der Waals surface area contributed by atoms with Crippen molar-refractivity contribution in [2.45, 2.75) is 39.0 Å². The largest absolute Gasteiger partial charge is 0.342 e. The number of carbonyl (C=O) groups is 1. The van der Waals surface area contributed by atoms with E-state index in [4.69, 9.17) is 4.52 Å². The first-order valence-corrected chi connectivity index (χ1v) is 7.81. The molecule has 5 heteroatoms. The molecule has 1 amide bonds. The van der Waals surface area contributed by atoms with Gasteiger partial charge in [0.05, 0.1) is 5.92 Å². The lowest BCUT2D eigenvalue weighted by atomic mass is 10.1. The Bertz CT molecular complexity index is 665. The zero-order valence-corrected chi connectivity index (χ0v) is 13.1. The number of amides is 1. The lowest BCUT2D eigenvalue weighted by Gasteiger charge is -2.16. The van der Waals surface area contributed by atoms with Crippen LogP contribution in [0, 0.1) is 6.92 Å². The number of hydrogen-bond donors (Lipinski definition) is 0. The second-order valence-electron chi connectivity index (χ2n) is 5.88. The lowest BCUT2D eigenvalue weighted by molar-refractivity contribution is -0.127. The number of benzene rings is 1. The molecule has 22 heavy (non-hydrogen) atoms. The summed E-state index contributed by atoms with van der Waals surface area (Å²) in [4.78, 5) is 18.4. The summed E-state index contributed by atoms with van der Waals surface area (Å²) < 4.78 is 5.27. The summed E-state index contributed by atoms with van der Waals surface area (Å²) in [5, 5.41) is 3.92. The molecule has 1 saturated heterocycles. The molecule has 116 valence electrons. The first-order valence-electron chi connectivity index (χ1n) is 7.81. The van der Waals surface area contributed by atoms with E-state index in [0.717, 1.165) is 19.4 Å². The van der Waals surface area contributed by atoms with Gasteiger partial charge < -0.3 is 9.42 Å². The van der Waals surface area contributed by atoms with Crippen LogP contribution in [0.5, 0.6) is 0 Å². The Balaban J connectivity index is 1.60. The third-order valence-corrected chi connectivity index (χ3v) is 4.12. The van der Waals surface area contributed by atoms with Gasteiger partial charge >= 0.3 is 0 Å². The van der Waals surface area contributed by atoms with Gasteiger partial charge in [0.1, 0.15) is 0 Å². The van der Waals surface area contributed by atoms with E-state index in [0.29, 0.717) is 24.7 Å². The maximum absolute atomic E-state index is 12.2. The molecule has 1 aliphatic rings. The van der Waals surface area contributed by atoms with Crippen LogP contribution in [0.3, 0.4) is 0 Å². The summed E-state index contributed by atoms with van der Waals surface area (Å²) in [6.07, 6.45) is 2.10. The summed E-state index contributed by atoms with van der Waals surface area (Å²) >= 11 is 0. The fourth-order valence-electron chi connectivity index (χ4n) is 2.86. The van der Waals surface area contributed by atoms with Gasteiger partial charge in [0.25, 0.3) is 0 Å². The van der Waals surface area contributed by atoms with Crippen molar-refractivity contribution in [1.29, 1.82) is 0 Å². The second kappa shape index (κ2) is 6.30. The normalized spacial score (nSPS) is 18.2. The number of likely N-dealkylation sites (tertiary alicyclic amines) is 1. The van der Waals surface area contributed by atoms with Crippen LogP contribution >= 0.6 is 0 Å². The molecule has 1 aromatic carbocycles. The van der Waals surface area contributed by atoms with Crippen LogP contribution in [-0.4, -0.2) is 34.0 Å². The Morgan fingerprint density at radius 1 is 1.41 bits per heavy atom. The van der Waals surface area contributed by atoms with Crippen LogP contribution in [0.15, 0.2) is 28.8 Å². The highest BCUT2D eigenvalue weighted by molar-refractivity contribution is 5.79. The Morgan fingerprint density at radius 3 is 3.00 bits per heavy atom. The van der Waals surface area contributed by atoms with E-state index >= 15 is 0 Å². The zero-order chi connectivity index (χ0) is 15.5. The lowest BCUT2D eigenvalue weighted by Crippen LogP contribution is -2.27. The molecule has 5 nitrogen and oxygen atoms in total. The van der Waals surface area contributed by atoms with Gasteiger partial charge in [-0.2, -0.15) is 4.98 Å². The predicted octanol–water partition coefficient (Wildman–Crippen LogP) is 2.50. The summed E-state index contributed by atoms with van der Waals surface area (Å²) in [5.74, 6) is 1.52. The number of nitrogens with zero attached hydrogens (tertiary/aromatic N) is 3. The molecule has 0 N–H and O–H groups in total. The van der Waals surface area contributed by atoms with Gasteiger partial charge in [-0.25, -0.2) is 0 Å². The molecular weight excluding hydrogens is 278 g/mol. The van der Waals surface area contributed by atoms with Crippen molar-refractivity contribution in [1.82, 2.24) is 15.0 Å². The van der Waals surface area contributed by atoms with E-state index in [9.17, 15) is 4.79 Å². The van der Waals surface area contributed by atoms with Crippen molar-refractivity contribution in [2.75, 3.05) is 13.1 Å². The van der Waals surface area contributed by atoms with Crippen molar-refractivity contribution in [3.05, 3.63) is 47.1 Å². The summed E-state index contributed by atoms with van der Waals surface area (Å²) in [7, 11) is 0. The Labute approximate surface area is 130 Å². The highest BCUT2D eigenvalue weighted by atomic mass is 16.5. The van der Waals surface area contributed by atoms with E-state index in [1.54, 1.807) is 0 Å². The molecule has 1 unspecified atom stereocenters. The Hall–Kier alpha value is -2.17. The van der Waals surface area contributed by atoms with Gasteiger partial charge in [0, 0.05) is 25.9 Å². The molecule has 1 aliphatic heterocycles. The van der Waals surface area contributed by atoms with Crippen LogP contribution in [0.25, 0.3) is 0 Å². The smallest absolute Gasteiger partial charge is 0.232 e. The van der Waals surface area contributed by atoms with Gasteiger partial charge in [-0.15, -0.1) is 0 Å². The molecule has 1 fully saturated rings. The van der Waals surface area contributed by atoms with E-state index in [1.807, 2.05) is 11.8 Å². The molecule has 0 spiro atoms. The van der Waals surface area contributed by atoms with E-state index in [-0.39, 0.29) is 11.8 Å². The van der Waals surface area contributed by atoms with Gasteiger partial charge in [-0.3, -0.25) is 4.79 Å². The topological polar surface area (TPSA) is 59.2 Å². The van der Waals surface area contributed by atoms with E-state index < -0.39 is 0 Å². The second-order valence-corrected chi connectivity index (χ2v) is 5.88. The molecule has 3 rings (SSSR count). The van der Waals surface area contributed by atoms with Gasteiger partial charge in [-0.05, 0) is 18.9 Å². The molecule has 0 radical (unpaired) electrons. The summed E-state index contributed by atoms with van der Waals surface area (Å²) in [6.45, 7) is 5.49. The first-order chi connectivity index (χ1) is 10.7. The fourth-order valence-corrected chi connectivity index (χ4v) is 2.86. The highest BCUT2D eigenvalue weighted by Gasteiger charge is 2.33. The van der Waals surface area contributed by atoms with Crippen LogP contribution in [0.2, 0.25) is 0 Å². The quantitative estimate of drug-likeness (QED) is 0.851. The fraction of sp³-hybridized carbons (Fsp3) is 0.471. The zero-order valence-electron chi connectivity index (χ0n) is 13.1. The minimum atomic E-state index is 0.0396.